The predicted octanol–water partition coefficient (Wildman–Crippen LogP) is 1.61. The van der Waals surface area contributed by atoms with Crippen LogP contribution in [-0.4, -0.2) is 95.4 Å². The Labute approximate surface area is 224 Å². The van der Waals surface area contributed by atoms with Crippen LogP contribution in [0.3, 0.4) is 0 Å². The maximum absolute atomic E-state index is 13.5. The molecule has 38 heavy (non-hydrogen) atoms. The van der Waals surface area contributed by atoms with E-state index in [1.54, 1.807) is 0 Å². The van der Waals surface area contributed by atoms with Crippen LogP contribution in [0.2, 0.25) is 0 Å². The number of rotatable bonds is 13. The summed E-state index contributed by atoms with van der Waals surface area (Å²) in [4.78, 5) is 55.7. The molecule has 2 saturated heterocycles. The monoisotopic (exact) mass is 528 g/mol. The third-order valence-corrected chi connectivity index (χ3v) is 8.08. The Kier molecular flexibility index (Phi) is 9.38. The van der Waals surface area contributed by atoms with E-state index in [-0.39, 0.29) is 49.6 Å². The van der Waals surface area contributed by atoms with Crippen LogP contribution in [0.25, 0.3) is 0 Å². The predicted molar refractivity (Wildman–Crippen MR) is 141 cm³/mol. The molecule has 10 heteroatoms. The van der Waals surface area contributed by atoms with Gasteiger partial charge in [0.15, 0.2) is 0 Å². The zero-order valence-corrected chi connectivity index (χ0v) is 22.3. The molecule has 3 atom stereocenters. The third kappa shape index (κ3) is 6.18. The van der Waals surface area contributed by atoms with Crippen LogP contribution >= 0.6 is 0 Å². The summed E-state index contributed by atoms with van der Waals surface area (Å²) < 4.78 is 5.64. The number of carboxylic acids is 1. The average Bonchev–Trinajstić information content (AvgIpc) is 3.59. The summed E-state index contributed by atoms with van der Waals surface area (Å²) >= 11 is 0. The van der Waals surface area contributed by atoms with Crippen LogP contribution in [0.5, 0.6) is 5.75 Å². The molecule has 3 aliphatic heterocycles. The Bertz CT molecular complexity index is 1020. The van der Waals surface area contributed by atoms with Crippen molar-refractivity contribution in [2.45, 2.75) is 63.8 Å². The first-order valence-electron chi connectivity index (χ1n) is 13.9. The molecule has 3 amide bonds. The van der Waals surface area contributed by atoms with E-state index in [9.17, 15) is 24.3 Å². The minimum absolute atomic E-state index is 0.0441. The Balaban J connectivity index is 1.59. The second kappa shape index (κ2) is 12.7. The summed E-state index contributed by atoms with van der Waals surface area (Å²) in [5.41, 5.74) is 7.69. The van der Waals surface area contributed by atoms with Gasteiger partial charge in [-0.3, -0.25) is 29.0 Å². The molecule has 3 aliphatic rings. The molecule has 10 nitrogen and oxygen atoms in total. The van der Waals surface area contributed by atoms with Crippen LogP contribution < -0.4 is 10.5 Å². The number of carbonyl (C=O) groups excluding carboxylic acids is 3. The van der Waals surface area contributed by atoms with Crippen LogP contribution in [0, 0.1) is 5.92 Å². The number of amides is 3. The minimum Gasteiger partial charge on any atom is -0.493 e. The van der Waals surface area contributed by atoms with Gasteiger partial charge < -0.3 is 20.5 Å². The van der Waals surface area contributed by atoms with E-state index < -0.39 is 17.9 Å². The van der Waals surface area contributed by atoms with Gasteiger partial charge in [0.1, 0.15) is 5.75 Å². The first-order valence-corrected chi connectivity index (χ1v) is 13.9. The van der Waals surface area contributed by atoms with E-state index in [0.717, 1.165) is 36.1 Å². The van der Waals surface area contributed by atoms with E-state index in [4.69, 9.17) is 10.5 Å². The molecule has 0 spiro atoms. The van der Waals surface area contributed by atoms with Crippen LogP contribution in [0.1, 0.15) is 62.5 Å². The summed E-state index contributed by atoms with van der Waals surface area (Å²) in [6, 6.07) is 5.37. The van der Waals surface area contributed by atoms with Gasteiger partial charge in [0, 0.05) is 57.4 Å². The second-order valence-electron chi connectivity index (χ2n) is 10.5. The molecular formula is C28H40N4O6. The standard InChI is InChI=1S/C28H40N4O6/c1-2-3-12-30(13-4-11-29)26(35)18-31-17-21(19-5-6-23-20(16-19)10-15-38-23)27(28(36)37)22(31)9-14-32-24(33)7-8-25(32)34/h5-6,16,21-22,27H,2-4,7-15,17-18,29H2,1H3,(H,36,37). The fourth-order valence-corrected chi connectivity index (χ4v) is 6.03. The molecular weight excluding hydrogens is 488 g/mol. The summed E-state index contributed by atoms with van der Waals surface area (Å²) in [5, 5.41) is 10.4. The molecule has 4 rings (SSSR count). The van der Waals surface area contributed by atoms with Crippen molar-refractivity contribution >= 4 is 23.7 Å². The van der Waals surface area contributed by atoms with Crippen molar-refractivity contribution in [3.05, 3.63) is 29.3 Å². The minimum atomic E-state index is -0.934. The normalized spacial score (nSPS) is 23.1. The Morgan fingerprint density at radius 2 is 1.87 bits per heavy atom. The van der Waals surface area contributed by atoms with Gasteiger partial charge in [-0.25, -0.2) is 0 Å². The van der Waals surface area contributed by atoms with Crippen molar-refractivity contribution in [3.63, 3.8) is 0 Å². The number of carboxylic acid groups (broad SMARTS) is 1. The zero-order chi connectivity index (χ0) is 27.2. The van der Waals surface area contributed by atoms with Crippen molar-refractivity contribution in [1.82, 2.24) is 14.7 Å². The number of fused-ring (bicyclic) bond motifs is 1. The summed E-state index contributed by atoms with van der Waals surface area (Å²) in [6.07, 6.45) is 4.03. The lowest BCUT2D eigenvalue weighted by Gasteiger charge is -2.30. The van der Waals surface area contributed by atoms with Crippen molar-refractivity contribution in [2.75, 3.05) is 45.9 Å². The molecule has 1 aromatic carbocycles. The van der Waals surface area contributed by atoms with Crippen LogP contribution in [-0.2, 0) is 25.6 Å². The number of carbonyl (C=O) groups is 4. The van der Waals surface area contributed by atoms with E-state index in [1.165, 1.54) is 4.90 Å². The zero-order valence-electron chi connectivity index (χ0n) is 22.3. The molecule has 3 N–H and O–H groups in total. The highest BCUT2D eigenvalue weighted by molar-refractivity contribution is 6.01. The molecule has 0 radical (unpaired) electrons. The van der Waals surface area contributed by atoms with Gasteiger partial charge in [-0.15, -0.1) is 0 Å². The van der Waals surface area contributed by atoms with Gasteiger partial charge in [0.25, 0.3) is 0 Å². The number of hydrogen-bond donors (Lipinski definition) is 2. The number of ether oxygens (including phenoxy) is 1. The SMILES string of the molecule is CCCCN(CCCN)C(=O)CN1CC(c2ccc3c(c2)CCO3)C(C(=O)O)C1CCN1C(=O)CCC1=O. The highest BCUT2D eigenvalue weighted by Crippen LogP contribution is 2.41. The molecule has 0 aromatic heterocycles. The number of unbranched alkanes of at least 4 members (excludes halogenated alkanes) is 1. The average molecular weight is 529 g/mol. The summed E-state index contributed by atoms with van der Waals surface area (Å²) in [5.74, 6) is -1.68. The molecule has 3 unspecified atom stereocenters. The molecule has 3 heterocycles. The van der Waals surface area contributed by atoms with Crippen molar-refractivity contribution in [2.24, 2.45) is 11.7 Å². The van der Waals surface area contributed by atoms with E-state index >= 15 is 0 Å². The first-order chi connectivity index (χ1) is 18.3. The van der Waals surface area contributed by atoms with Gasteiger partial charge in [0.2, 0.25) is 17.7 Å². The largest absolute Gasteiger partial charge is 0.493 e. The fourth-order valence-electron chi connectivity index (χ4n) is 6.03. The molecule has 1 aromatic rings. The lowest BCUT2D eigenvalue weighted by Crippen LogP contribution is -2.46. The molecule has 0 bridgehead atoms. The van der Waals surface area contributed by atoms with Crippen LogP contribution in [0.15, 0.2) is 18.2 Å². The third-order valence-electron chi connectivity index (χ3n) is 8.08. The number of nitrogens with zero attached hydrogens (tertiary/aromatic N) is 3. The second-order valence-corrected chi connectivity index (χ2v) is 10.5. The number of nitrogens with two attached hydrogens (primary N) is 1. The molecule has 208 valence electrons. The molecule has 0 aliphatic carbocycles. The van der Waals surface area contributed by atoms with E-state index in [2.05, 4.69) is 6.92 Å². The maximum Gasteiger partial charge on any atom is 0.308 e. The number of likely N-dealkylation sites (tertiary alicyclic amines) is 2. The maximum atomic E-state index is 13.5. The van der Waals surface area contributed by atoms with E-state index in [1.807, 2.05) is 28.0 Å². The fraction of sp³-hybridized carbons (Fsp3) is 0.643. The number of benzene rings is 1. The lowest BCUT2D eigenvalue weighted by molar-refractivity contribution is -0.144. The highest BCUT2D eigenvalue weighted by atomic mass is 16.5. The van der Waals surface area contributed by atoms with Crippen molar-refractivity contribution in [1.29, 1.82) is 0 Å². The van der Waals surface area contributed by atoms with Crippen LogP contribution in [0.4, 0.5) is 0 Å². The Morgan fingerprint density at radius 1 is 1.13 bits per heavy atom. The van der Waals surface area contributed by atoms with E-state index in [0.29, 0.717) is 45.6 Å². The Morgan fingerprint density at radius 3 is 2.55 bits per heavy atom. The molecule has 0 saturated carbocycles. The smallest absolute Gasteiger partial charge is 0.308 e. The number of imide groups is 1. The van der Waals surface area contributed by atoms with Crippen molar-refractivity contribution in [3.8, 4) is 5.75 Å². The topological polar surface area (TPSA) is 133 Å². The number of aliphatic carboxylic acids is 1. The van der Waals surface area contributed by atoms with Crippen molar-refractivity contribution < 1.29 is 29.0 Å². The quantitative estimate of drug-likeness (QED) is 0.369. The van der Waals surface area contributed by atoms with Gasteiger partial charge in [-0.1, -0.05) is 25.5 Å². The van der Waals surface area contributed by atoms with Gasteiger partial charge >= 0.3 is 5.97 Å². The first kappa shape index (κ1) is 28.0. The summed E-state index contributed by atoms with van der Waals surface area (Å²) in [7, 11) is 0. The van der Waals surface area contributed by atoms with Gasteiger partial charge in [-0.05, 0) is 43.0 Å². The molecule has 2 fully saturated rings. The van der Waals surface area contributed by atoms with Gasteiger partial charge in [-0.2, -0.15) is 0 Å². The van der Waals surface area contributed by atoms with Gasteiger partial charge in [0.05, 0.1) is 19.1 Å². The Hall–Kier alpha value is -2.98. The highest BCUT2D eigenvalue weighted by Gasteiger charge is 2.47. The lowest BCUT2D eigenvalue weighted by atomic mass is 9.83. The summed E-state index contributed by atoms with van der Waals surface area (Å²) in [6.45, 7) is 5.06. The number of hydrogen-bond acceptors (Lipinski definition) is 7.